The smallest absolute Gasteiger partial charge is 0.118 e. The number of ether oxygens (including phenoxy) is 1. The van der Waals surface area contributed by atoms with E-state index in [1.54, 1.807) is 7.11 Å². The van der Waals surface area contributed by atoms with Crippen molar-refractivity contribution in [3.63, 3.8) is 0 Å². The average molecular weight is 342 g/mol. The molecule has 130 valence electrons. The summed E-state index contributed by atoms with van der Waals surface area (Å²) in [7, 11) is 1.69. The van der Waals surface area contributed by atoms with Gasteiger partial charge in [0.15, 0.2) is 0 Å². The number of rotatable bonds is 5. The van der Waals surface area contributed by atoms with Crippen molar-refractivity contribution >= 4 is 11.0 Å². The molecule has 0 unspecified atom stereocenters. The first-order valence-electron chi connectivity index (χ1n) is 8.86. The first kappa shape index (κ1) is 16.4. The molecule has 26 heavy (non-hydrogen) atoms. The fourth-order valence-electron chi connectivity index (χ4n) is 3.33. The predicted octanol–water partition coefficient (Wildman–Crippen LogP) is 4.99. The highest BCUT2D eigenvalue weighted by molar-refractivity contribution is 5.76. The number of imidazole rings is 1. The third kappa shape index (κ3) is 3.21. The summed E-state index contributed by atoms with van der Waals surface area (Å²) in [4.78, 5) is 4.92. The van der Waals surface area contributed by atoms with Gasteiger partial charge in [-0.25, -0.2) is 4.98 Å². The molecule has 0 saturated carbocycles. The Labute approximate surface area is 153 Å². The van der Waals surface area contributed by atoms with E-state index in [2.05, 4.69) is 66.1 Å². The lowest BCUT2D eigenvalue weighted by Gasteiger charge is -2.11. The number of hydrogen-bond acceptors (Lipinski definition) is 2. The monoisotopic (exact) mass is 342 g/mol. The quantitative estimate of drug-likeness (QED) is 0.511. The van der Waals surface area contributed by atoms with Crippen molar-refractivity contribution in [2.75, 3.05) is 7.11 Å². The number of aryl methyl sites for hydroxylation is 1. The van der Waals surface area contributed by atoms with Crippen LogP contribution in [0.1, 0.15) is 22.5 Å². The van der Waals surface area contributed by atoms with E-state index < -0.39 is 0 Å². The SMILES string of the molecule is COc1ccc(Cn2c(Cc3ccccc3C)nc3ccccc32)cc1. The van der Waals surface area contributed by atoms with E-state index in [0.29, 0.717) is 0 Å². The lowest BCUT2D eigenvalue weighted by atomic mass is 10.1. The minimum Gasteiger partial charge on any atom is -0.497 e. The second-order valence-electron chi connectivity index (χ2n) is 6.55. The highest BCUT2D eigenvalue weighted by Gasteiger charge is 2.12. The lowest BCUT2D eigenvalue weighted by molar-refractivity contribution is 0.414. The average Bonchev–Trinajstić information content (AvgIpc) is 3.01. The molecule has 0 aliphatic rings. The van der Waals surface area contributed by atoms with Crippen LogP contribution in [0.15, 0.2) is 72.8 Å². The summed E-state index contributed by atoms with van der Waals surface area (Å²) in [6, 6.07) is 25.1. The number of para-hydroxylation sites is 2. The van der Waals surface area contributed by atoms with Crippen LogP contribution < -0.4 is 4.74 Å². The molecule has 3 aromatic carbocycles. The summed E-state index contributed by atoms with van der Waals surface area (Å²) in [5.41, 5.74) is 6.07. The van der Waals surface area contributed by atoms with Crippen molar-refractivity contribution in [1.29, 1.82) is 0 Å². The first-order valence-corrected chi connectivity index (χ1v) is 8.86. The van der Waals surface area contributed by atoms with Gasteiger partial charge in [-0.15, -0.1) is 0 Å². The minimum atomic E-state index is 0.797. The zero-order valence-electron chi connectivity index (χ0n) is 15.1. The van der Waals surface area contributed by atoms with Gasteiger partial charge in [0.2, 0.25) is 0 Å². The second-order valence-corrected chi connectivity index (χ2v) is 6.55. The highest BCUT2D eigenvalue weighted by atomic mass is 16.5. The van der Waals surface area contributed by atoms with E-state index >= 15 is 0 Å². The second kappa shape index (κ2) is 7.04. The van der Waals surface area contributed by atoms with Crippen LogP contribution >= 0.6 is 0 Å². The molecule has 1 aromatic heterocycles. The molecule has 0 aliphatic carbocycles. The van der Waals surface area contributed by atoms with Crippen molar-refractivity contribution in [3.8, 4) is 5.75 Å². The maximum absolute atomic E-state index is 5.27. The maximum Gasteiger partial charge on any atom is 0.118 e. The van der Waals surface area contributed by atoms with Crippen LogP contribution in [-0.4, -0.2) is 16.7 Å². The molecule has 4 rings (SSSR count). The molecule has 0 bridgehead atoms. The normalized spacial score (nSPS) is 11.0. The summed E-state index contributed by atoms with van der Waals surface area (Å²) >= 11 is 0. The van der Waals surface area contributed by atoms with Crippen molar-refractivity contribution in [2.45, 2.75) is 19.9 Å². The van der Waals surface area contributed by atoms with E-state index in [1.807, 2.05) is 18.2 Å². The molecule has 0 amide bonds. The highest BCUT2D eigenvalue weighted by Crippen LogP contribution is 2.22. The Bertz CT molecular complexity index is 1030. The largest absolute Gasteiger partial charge is 0.497 e. The Kier molecular flexibility index (Phi) is 4.44. The standard InChI is InChI=1S/C23H22N2O/c1-17-7-3-4-8-19(17)15-23-24-21-9-5-6-10-22(21)25(23)16-18-11-13-20(26-2)14-12-18/h3-14H,15-16H2,1-2H3. The summed E-state index contributed by atoms with van der Waals surface area (Å²) in [6.45, 7) is 2.96. The molecular weight excluding hydrogens is 320 g/mol. The molecule has 0 spiro atoms. The van der Waals surface area contributed by atoms with Crippen molar-refractivity contribution in [2.24, 2.45) is 0 Å². The number of hydrogen-bond donors (Lipinski definition) is 0. The third-order valence-corrected chi connectivity index (χ3v) is 4.84. The molecule has 0 fully saturated rings. The van der Waals surface area contributed by atoms with Crippen LogP contribution in [0.4, 0.5) is 0 Å². The van der Waals surface area contributed by atoms with Gasteiger partial charge in [0, 0.05) is 13.0 Å². The Balaban J connectivity index is 1.75. The van der Waals surface area contributed by atoms with Gasteiger partial charge < -0.3 is 9.30 Å². The summed E-state index contributed by atoms with van der Waals surface area (Å²) in [5, 5.41) is 0. The fraction of sp³-hybridized carbons (Fsp3) is 0.174. The van der Waals surface area contributed by atoms with E-state index in [-0.39, 0.29) is 0 Å². The Morgan fingerprint density at radius 3 is 2.38 bits per heavy atom. The molecule has 0 atom stereocenters. The van der Waals surface area contributed by atoms with Gasteiger partial charge >= 0.3 is 0 Å². The third-order valence-electron chi connectivity index (χ3n) is 4.84. The summed E-state index contributed by atoms with van der Waals surface area (Å²) in [5.74, 6) is 1.97. The van der Waals surface area contributed by atoms with E-state index in [1.165, 1.54) is 22.2 Å². The molecule has 1 heterocycles. The van der Waals surface area contributed by atoms with Gasteiger partial charge in [-0.2, -0.15) is 0 Å². The summed E-state index contributed by atoms with van der Waals surface area (Å²) in [6.07, 6.45) is 0.831. The maximum atomic E-state index is 5.27. The van der Waals surface area contributed by atoms with Gasteiger partial charge in [0.05, 0.1) is 18.1 Å². The number of nitrogens with zero attached hydrogens (tertiary/aromatic N) is 2. The first-order chi connectivity index (χ1) is 12.7. The zero-order chi connectivity index (χ0) is 17.9. The number of aromatic nitrogens is 2. The molecule has 3 nitrogen and oxygen atoms in total. The van der Waals surface area contributed by atoms with Crippen LogP contribution in [0.25, 0.3) is 11.0 Å². The van der Waals surface area contributed by atoms with Gasteiger partial charge in [-0.05, 0) is 47.9 Å². The Hall–Kier alpha value is -3.07. The number of methoxy groups -OCH3 is 1. The fourth-order valence-corrected chi connectivity index (χ4v) is 3.33. The molecule has 3 heteroatoms. The Morgan fingerprint density at radius 1 is 0.885 bits per heavy atom. The van der Waals surface area contributed by atoms with Crippen molar-refractivity contribution in [1.82, 2.24) is 9.55 Å². The molecule has 0 N–H and O–H groups in total. The minimum absolute atomic E-state index is 0.797. The van der Waals surface area contributed by atoms with E-state index in [0.717, 1.165) is 30.1 Å². The lowest BCUT2D eigenvalue weighted by Crippen LogP contribution is -2.06. The van der Waals surface area contributed by atoms with Gasteiger partial charge in [-0.3, -0.25) is 0 Å². The molecular formula is C23H22N2O. The van der Waals surface area contributed by atoms with Crippen molar-refractivity contribution in [3.05, 3.63) is 95.3 Å². The zero-order valence-corrected chi connectivity index (χ0v) is 15.1. The number of benzene rings is 3. The van der Waals surface area contributed by atoms with Crippen LogP contribution in [0.2, 0.25) is 0 Å². The van der Waals surface area contributed by atoms with Crippen LogP contribution in [0, 0.1) is 6.92 Å². The van der Waals surface area contributed by atoms with Gasteiger partial charge in [0.25, 0.3) is 0 Å². The van der Waals surface area contributed by atoms with E-state index in [4.69, 9.17) is 9.72 Å². The summed E-state index contributed by atoms with van der Waals surface area (Å²) < 4.78 is 7.59. The van der Waals surface area contributed by atoms with Crippen LogP contribution in [0.5, 0.6) is 5.75 Å². The van der Waals surface area contributed by atoms with Gasteiger partial charge in [-0.1, -0.05) is 48.5 Å². The number of fused-ring (bicyclic) bond motifs is 1. The predicted molar refractivity (Wildman–Crippen MR) is 106 cm³/mol. The van der Waals surface area contributed by atoms with Crippen molar-refractivity contribution < 1.29 is 4.74 Å². The Morgan fingerprint density at radius 2 is 1.62 bits per heavy atom. The topological polar surface area (TPSA) is 27.1 Å². The molecule has 0 radical (unpaired) electrons. The molecule has 0 saturated heterocycles. The van der Waals surface area contributed by atoms with Gasteiger partial charge in [0.1, 0.15) is 11.6 Å². The van der Waals surface area contributed by atoms with Crippen LogP contribution in [-0.2, 0) is 13.0 Å². The molecule has 4 aromatic rings. The molecule has 0 aliphatic heterocycles. The van der Waals surface area contributed by atoms with E-state index in [9.17, 15) is 0 Å². The van der Waals surface area contributed by atoms with Crippen LogP contribution in [0.3, 0.4) is 0 Å².